The summed E-state index contributed by atoms with van der Waals surface area (Å²) < 4.78 is 7.02. The van der Waals surface area contributed by atoms with Crippen LogP contribution in [-0.4, -0.2) is 9.97 Å². The van der Waals surface area contributed by atoms with Crippen LogP contribution in [0.1, 0.15) is 40.7 Å². The van der Waals surface area contributed by atoms with Crippen LogP contribution in [0.2, 0.25) is 0 Å². The number of ether oxygens (including phenoxy) is 1. The maximum absolute atomic E-state index is 9.64. The molecule has 0 N–H and O–H groups in total. The molecule has 0 amide bonds. The van der Waals surface area contributed by atoms with Gasteiger partial charge in [0.05, 0.1) is 28.4 Å². The summed E-state index contributed by atoms with van der Waals surface area (Å²) >= 11 is 0. The Bertz CT molecular complexity index is 2610. The summed E-state index contributed by atoms with van der Waals surface area (Å²) in [6.45, 7) is 0. The molecule has 0 fully saturated rings. The molecular weight excluding hydrogens is 635 g/mol. The molecule has 0 saturated heterocycles. The molecule has 4 heteroatoms. The normalized spacial score (nSPS) is 16.4. The van der Waals surface area contributed by atoms with Gasteiger partial charge in [-0.1, -0.05) is 133 Å². The largest absolute Gasteiger partial charge is 0.457 e. The predicted molar refractivity (Wildman–Crippen MR) is 207 cm³/mol. The number of benzene rings is 6. The van der Waals surface area contributed by atoms with E-state index < -0.39 is 5.41 Å². The zero-order valence-electron chi connectivity index (χ0n) is 28.3. The number of allylic oxidation sites excluding steroid dienone is 4. The standard InChI is InChI=1S/C48H31N3O/c49-30-31-12-11-17-34(26-31)35-22-24-41-45(27-35)52-46-28-36(23-25-42(46)48(41)39-20-9-7-18-37(39)38-19-8-10-21-40(38)48)44-29-43(32-13-3-1-4-14-32)50-47(51-44)33-15-5-2-6-16-33/h1-9,11-20,22-29H,10,21H2. The number of hydrogen-bond acceptors (Lipinski definition) is 4. The number of nitriles is 1. The number of aromatic nitrogens is 2. The molecule has 1 aromatic heterocycles. The third-order valence-electron chi connectivity index (χ3n) is 10.7. The van der Waals surface area contributed by atoms with E-state index in [1.54, 1.807) is 0 Å². The van der Waals surface area contributed by atoms with Crippen LogP contribution in [0.4, 0.5) is 0 Å². The average molecular weight is 666 g/mol. The van der Waals surface area contributed by atoms with E-state index >= 15 is 0 Å². The summed E-state index contributed by atoms with van der Waals surface area (Å²) in [6, 6.07) is 54.6. The number of fused-ring (bicyclic) bond motifs is 8. The zero-order valence-corrected chi connectivity index (χ0v) is 28.3. The minimum Gasteiger partial charge on any atom is -0.457 e. The first-order chi connectivity index (χ1) is 25.7. The molecule has 2 heterocycles. The average Bonchev–Trinajstić information content (AvgIpc) is 3.51. The van der Waals surface area contributed by atoms with Crippen LogP contribution >= 0.6 is 0 Å². The molecule has 4 nitrogen and oxygen atoms in total. The van der Waals surface area contributed by atoms with Gasteiger partial charge >= 0.3 is 0 Å². The van der Waals surface area contributed by atoms with Crippen LogP contribution in [0.5, 0.6) is 11.5 Å². The SMILES string of the molecule is N#Cc1cccc(-c2ccc3c(c2)Oc2cc(-c4cc(-c5ccccc5)nc(-c5ccccc5)n4)ccc2C32C3=C(C=CCC3)c3ccccc32)c1. The van der Waals surface area contributed by atoms with E-state index in [1.807, 2.05) is 60.7 Å². The van der Waals surface area contributed by atoms with Gasteiger partial charge in [0.25, 0.3) is 0 Å². The van der Waals surface area contributed by atoms with Crippen molar-refractivity contribution >= 4 is 5.57 Å². The lowest BCUT2D eigenvalue weighted by atomic mass is 9.64. The second kappa shape index (κ2) is 11.9. The van der Waals surface area contributed by atoms with Crippen LogP contribution in [-0.2, 0) is 5.41 Å². The Morgan fingerprint density at radius 3 is 1.96 bits per heavy atom. The summed E-state index contributed by atoms with van der Waals surface area (Å²) in [6.07, 6.45) is 6.56. The summed E-state index contributed by atoms with van der Waals surface area (Å²) in [5.41, 5.74) is 14.3. The molecule has 244 valence electrons. The first-order valence-electron chi connectivity index (χ1n) is 17.7. The van der Waals surface area contributed by atoms with Gasteiger partial charge in [0.1, 0.15) is 11.5 Å². The second-order valence-corrected chi connectivity index (χ2v) is 13.5. The Morgan fingerprint density at radius 1 is 0.558 bits per heavy atom. The zero-order chi connectivity index (χ0) is 34.6. The third-order valence-corrected chi connectivity index (χ3v) is 10.7. The molecule has 1 unspecified atom stereocenters. The summed E-state index contributed by atoms with van der Waals surface area (Å²) in [5.74, 6) is 2.31. The Balaban J connectivity index is 1.20. The Kier molecular flexibility index (Phi) is 6.87. The molecule has 0 saturated carbocycles. The Hall–Kier alpha value is -6.83. The van der Waals surface area contributed by atoms with E-state index in [4.69, 9.17) is 14.7 Å². The van der Waals surface area contributed by atoms with E-state index in [0.717, 1.165) is 74.7 Å². The van der Waals surface area contributed by atoms with Crippen molar-refractivity contribution in [3.8, 4) is 62.6 Å². The lowest BCUT2D eigenvalue weighted by Gasteiger charge is -2.41. The summed E-state index contributed by atoms with van der Waals surface area (Å²) in [5, 5.41) is 9.64. The molecular formula is C48H31N3O. The highest BCUT2D eigenvalue weighted by Gasteiger charge is 2.52. The van der Waals surface area contributed by atoms with Crippen LogP contribution in [0.15, 0.2) is 169 Å². The lowest BCUT2D eigenvalue weighted by molar-refractivity contribution is 0.432. The molecule has 7 aromatic rings. The van der Waals surface area contributed by atoms with Crippen molar-refractivity contribution in [1.82, 2.24) is 9.97 Å². The van der Waals surface area contributed by atoms with Crippen LogP contribution in [0.25, 0.3) is 50.6 Å². The van der Waals surface area contributed by atoms with Gasteiger partial charge in [-0.25, -0.2) is 9.97 Å². The quantitative estimate of drug-likeness (QED) is 0.188. The molecule has 1 aliphatic heterocycles. The van der Waals surface area contributed by atoms with E-state index in [0.29, 0.717) is 11.4 Å². The fourth-order valence-corrected chi connectivity index (χ4v) is 8.40. The predicted octanol–water partition coefficient (Wildman–Crippen LogP) is 11.6. The van der Waals surface area contributed by atoms with E-state index in [9.17, 15) is 5.26 Å². The number of nitrogens with zero attached hydrogens (tertiary/aromatic N) is 3. The number of hydrogen-bond donors (Lipinski definition) is 0. The molecule has 10 rings (SSSR count). The highest BCUT2D eigenvalue weighted by molar-refractivity contribution is 5.93. The van der Waals surface area contributed by atoms with Gasteiger partial charge in [-0.2, -0.15) is 5.26 Å². The fraction of sp³-hybridized carbons (Fsp3) is 0.0625. The van der Waals surface area contributed by atoms with Crippen molar-refractivity contribution in [3.05, 3.63) is 197 Å². The fourth-order valence-electron chi connectivity index (χ4n) is 8.40. The number of rotatable bonds is 4. The Morgan fingerprint density at radius 2 is 1.19 bits per heavy atom. The third kappa shape index (κ3) is 4.60. The van der Waals surface area contributed by atoms with Crippen molar-refractivity contribution < 1.29 is 4.74 Å². The summed E-state index contributed by atoms with van der Waals surface area (Å²) in [4.78, 5) is 10.2. The second-order valence-electron chi connectivity index (χ2n) is 13.5. The van der Waals surface area contributed by atoms with Gasteiger partial charge in [-0.05, 0) is 76.6 Å². The van der Waals surface area contributed by atoms with E-state index in [1.165, 1.54) is 22.3 Å². The van der Waals surface area contributed by atoms with Crippen molar-refractivity contribution in [2.24, 2.45) is 0 Å². The molecule has 52 heavy (non-hydrogen) atoms. The van der Waals surface area contributed by atoms with Gasteiger partial charge in [0.15, 0.2) is 5.82 Å². The van der Waals surface area contributed by atoms with Gasteiger partial charge < -0.3 is 4.74 Å². The molecule has 1 spiro atoms. The highest BCUT2D eigenvalue weighted by atomic mass is 16.5. The molecule has 6 aromatic carbocycles. The lowest BCUT2D eigenvalue weighted by Crippen LogP contribution is -2.33. The van der Waals surface area contributed by atoms with Crippen molar-refractivity contribution in [1.29, 1.82) is 5.26 Å². The van der Waals surface area contributed by atoms with E-state index in [2.05, 4.69) is 109 Å². The van der Waals surface area contributed by atoms with Gasteiger partial charge in [-0.15, -0.1) is 0 Å². The molecule has 2 aliphatic carbocycles. The van der Waals surface area contributed by atoms with Gasteiger partial charge in [-0.3, -0.25) is 0 Å². The van der Waals surface area contributed by atoms with Crippen molar-refractivity contribution in [2.75, 3.05) is 0 Å². The molecule has 0 bridgehead atoms. The van der Waals surface area contributed by atoms with Gasteiger partial charge in [0.2, 0.25) is 0 Å². The monoisotopic (exact) mass is 665 g/mol. The van der Waals surface area contributed by atoms with Crippen LogP contribution < -0.4 is 4.74 Å². The van der Waals surface area contributed by atoms with Crippen LogP contribution in [0.3, 0.4) is 0 Å². The topological polar surface area (TPSA) is 58.8 Å². The maximum atomic E-state index is 9.64. The first-order valence-corrected chi connectivity index (χ1v) is 17.7. The highest BCUT2D eigenvalue weighted by Crippen LogP contribution is 2.63. The van der Waals surface area contributed by atoms with Crippen LogP contribution in [0, 0.1) is 11.3 Å². The van der Waals surface area contributed by atoms with Crippen molar-refractivity contribution in [3.63, 3.8) is 0 Å². The Labute approximate surface area is 302 Å². The molecule has 3 aliphatic rings. The minimum absolute atomic E-state index is 0.513. The van der Waals surface area contributed by atoms with E-state index in [-0.39, 0.29) is 0 Å². The minimum atomic E-state index is -0.513. The first kappa shape index (κ1) is 30.0. The van der Waals surface area contributed by atoms with Crippen molar-refractivity contribution in [2.45, 2.75) is 18.3 Å². The molecule has 1 atom stereocenters. The van der Waals surface area contributed by atoms with Gasteiger partial charge in [0, 0.05) is 27.8 Å². The smallest absolute Gasteiger partial charge is 0.160 e. The maximum Gasteiger partial charge on any atom is 0.160 e. The molecule has 0 radical (unpaired) electrons. The summed E-state index contributed by atoms with van der Waals surface area (Å²) in [7, 11) is 0.